The number of amides is 2. The second-order valence-corrected chi connectivity index (χ2v) is 4.93. The van der Waals surface area contributed by atoms with Gasteiger partial charge in [-0.05, 0) is 43.5 Å². The third kappa shape index (κ3) is 3.47. The molecule has 4 nitrogen and oxygen atoms in total. The van der Waals surface area contributed by atoms with Gasteiger partial charge in [0.15, 0.2) is 0 Å². The van der Waals surface area contributed by atoms with Crippen LogP contribution in [-0.4, -0.2) is 36.3 Å². The van der Waals surface area contributed by atoms with Gasteiger partial charge in [0.2, 0.25) is 0 Å². The number of carbonyl (C=O) groups excluding carboxylic acids is 2. The fourth-order valence-corrected chi connectivity index (χ4v) is 2.31. The van der Waals surface area contributed by atoms with Crippen molar-refractivity contribution >= 4 is 11.8 Å². The molecular weight excluding hydrogens is 252 g/mol. The van der Waals surface area contributed by atoms with Crippen molar-refractivity contribution in [3.8, 4) is 0 Å². The molecule has 1 saturated heterocycles. The first-order valence-electron chi connectivity index (χ1n) is 7.01. The number of hydrogen-bond donors (Lipinski definition) is 1. The van der Waals surface area contributed by atoms with Crippen molar-refractivity contribution < 1.29 is 9.59 Å². The van der Waals surface area contributed by atoms with E-state index in [1.807, 2.05) is 4.90 Å². The van der Waals surface area contributed by atoms with Crippen LogP contribution in [0, 0.1) is 0 Å². The van der Waals surface area contributed by atoms with Gasteiger partial charge in [-0.1, -0.05) is 6.08 Å². The number of piperidine rings is 1. The number of hydrogen-bond acceptors (Lipinski definition) is 2. The van der Waals surface area contributed by atoms with E-state index in [0.29, 0.717) is 17.7 Å². The Bertz CT molecular complexity index is 488. The van der Waals surface area contributed by atoms with E-state index in [2.05, 4.69) is 11.9 Å². The Hall–Kier alpha value is -2.10. The lowest BCUT2D eigenvalue weighted by Crippen LogP contribution is -2.35. The Labute approximate surface area is 119 Å². The van der Waals surface area contributed by atoms with Crippen LogP contribution in [0.1, 0.15) is 40.0 Å². The molecule has 2 amide bonds. The molecule has 1 fully saturated rings. The zero-order chi connectivity index (χ0) is 14.4. The van der Waals surface area contributed by atoms with E-state index in [1.54, 1.807) is 30.3 Å². The Morgan fingerprint density at radius 1 is 1.10 bits per heavy atom. The largest absolute Gasteiger partial charge is 0.349 e. The van der Waals surface area contributed by atoms with Crippen LogP contribution in [-0.2, 0) is 0 Å². The van der Waals surface area contributed by atoms with Crippen LogP contribution in [0.2, 0.25) is 0 Å². The van der Waals surface area contributed by atoms with Gasteiger partial charge < -0.3 is 10.2 Å². The topological polar surface area (TPSA) is 49.4 Å². The average molecular weight is 272 g/mol. The summed E-state index contributed by atoms with van der Waals surface area (Å²) in [5, 5.41) is 2.71. The molecule has 0 saturated carbocycles. The van der Waals surface area contributed by atoms with Crippen LogP contribution in [0.25, 0.3) is 0 Å². The molecule has 1 aromatic rings. The van der Waals surface area contributed by atoms with Crippen molar-refractivity contribution in [2.75, 3.05) is 19.6 Å². The van der Waals surface area contributed by atoms with E-state index in [9.17, 15) is 9.59 Å². The monoisotopic (exact) mass is 272 g/mol. The fourth-order valence-electron chi connectivity index (χ4n) is 2.31. The minimum absolute atomic E-state index is 0.0581. The lowest BCUT2D eigenvalue weighted by Gasteiger charge is -2.26. The SMILES string of the molecule is C=CCNC(=O)c1ccc(C(=O)N2CCCCC2)cc1. The molecular formula is C16H20N2O2. The van der Waals surface area contributed by atoms with E-state index < -0.39 is 0 Å². The van der Waals surface area contributed by atoms with Crippen molar-refractivity contribution in [3.63, 3.8) is 0 Å². The highest BCUT2D eigenvalue weighted by molar-refractivity contribution is 5.97. The van der Waals surface area contributed by atoms with Crippen LogP contribution >= 0.6 is 0 Å². The number of likely N-dealkylation sites (tertiary alicyclic amines) is 1. The standard InChI is InChI=1S/C16H20N2O2/c1-2-10-17-15(19)13-6-8-14(9-7-13)16(20)18-11-4-3-5-12-18/h2,6-9H,1,3-5,10-12H2,(H,17,19). The van der Waals surface area contributed by atoms with Crippen LogP contribution in [0.5, 0.6) is 0 Å². The van der Waals surface area contributed by atoms with Gasteiger partial charge in [0.1, 0.15) is 0 Å². The van der Waals surface area contributed by atoms with Crippen molar-refractivity contribution in [2.45, 2.75) is 19.3 Å². The highest BCUT2D eigenvalue weighted by Crippen LogP contribution is 2.13. The lowest BCUT2D eigenvalue weighted by atomic mass is 10.1. The summed E-state index contributed by atoms with van der Waals surface area (Å²) < 4.78 is 0. The molecule has 1 N–H and O–H groups in total. The molecule has 1 aliphatic heterocycles. The molecule has 106 valence electrons. The predicted octanol–water partition coefficient (Wildman–Crippen LogP) is 2.23. The second kappa shape index (κ2) is 6.89. The molecule has 0 radical (unpaired) electrons. The first-order valence-corrected chi connectivity index (χ1v) is 7.01. The Balaban J connectivity index is 2.01. The molecule has 4 heteroatoms. The summed E-state index contributed by atoms with van der Waals surface area (Å²) in [6, 6.07) is 6.82. The molecule has 0 unspecified atom stereocenters. The molecule has 1 aliphatic rings. The maximum atomic E-state index is 12.3. The molecule has 1 heterocycles. The zero-order valence-electron chi connectivity index (χ0n) is 11.6. The normalized spacial score (nSPS) is 14.7. The maximum Gasteiger partial charge on any atom is 0.253 e. The average Bonchev–Trinajstić information content (AvgIpc) is 2.53. The predicted molar refractivity (Wildman–Crippen MR) is 78.7 cm³/mol. The van der Waals surface area contributed by atoms with Gasteiger partial charge in [0.05, 0.1) is 0 Å². The minimum atomic E-state index is -0.151. The molecule has 20 heavy (non-hydrogen) atoms. The molecule has 0 aromatic heterocycles. The van der Waals surface area contributed by atoms with Gasteiger partial charge >= 0.3 is 0 Å². The molecule has 2 rings (SSSR count). The molecule has 0 bridgehead atoms. The van der Waals surface area contributed by atoms with E-state index in [4.69, 9.17) is 0 Å². The zero-order valence-corrected chi connectivity index (χ0v) is 11.6. The minimum Gasteiger partial charge on any atom is -0.349 e. The van der Waals surface area contributed by atoms with Gasteiger partial charge in [-0.3, -0.25) is 9.59 Å². The highest BCUT2D eigenvalue weighted by atomic mass is 16.2. The summed E-state index contributed by atoms with van der Waals surface area (Å²) in [5.74, 6) is -0.0929. The summed E-state index contributed by atoms with van der Waals surface area (Å²) >= 11 is 0. The third-order valence-corrected chi connectivity index (χ3v) is 3.44. The van der Waals surface area contributed by atoms with Gasteiger partial charge in [-0.15, -0.1) is 6.58 Å². The lowest BCUT2D eigenvalue weighted by molar-refractivity contribution is 0.0724. The molecule has 0 atom stereocenters. The Morgan fingerprint density at radius 2 is 1.70 bits per heavy atom. The summed E-state index contributed by atoms with van der Waals surface area (Å²) in [5.41, 5.74) is 1.20. The molecule has 0 aliphatic carbocycles. The van der Waals surface area contributed by atoms with Gasteiger partial charge in [-0.2, -0.15) is 0 Å². The number of benzene rings is 1. The summed E-state index contributed by atoms with van der Waals surface area (Å²) in [6.07, 6.45) is 4.99. The van der Waals surface area contributed by atoms with E-state index >= 15 is 0 Å². The van der Waals surface area contributed by atoms with Crippen molar-refractivity contribution in [1.29, 1.82) is 0 Å². The summed E-state index contributed by atoms with van der Waals surface area (Å²) in [6.45, 7) is 5.66. The fraction of sp³-hybridized carbons (Fsp3) is 0.375. The van der Waals surface area contributed by atoms with Crippen molar-refractivity contribution in [1.82, 2.24) is 10.2 Å². The number of nitrogens with one attached hydrogen (secondary N) is 1. The Kier molecular flexibility index (Phi) is 4.93. The maximum absolute atomic E-state index is 12.3. The first kappa shape index (κ1) is 14.3. The molecule has 0 spiro atoms. The van der Waals surface area contributed by atoms with Gasteiger partial charge in [0, 0.05) is 30.8 Å². The van der Waals surface area contributed by atoms with Crippen LogP contribution < -0.4 is 5.32 Å². The van der Waals surface area contributed by atoms with Crippen molar-refractivity contribution in [3.05, 3.63) is 48.0 Å². The quantitative estimate of drug-likeness (QED) is 0.854. The van der Waals surface area contributed by atoms with Crippen molar-refractivity contribution in [2.24, 2.45) is 0 Å². The van der Waals surface area contributed by atoms with Crippen LogP contribution in [0.4, 0.5) is 0 Å². The number of nitrogens with zero attached hydrogens (tertiary/aromatic N) is 1. The first-order chi connectivity index (χ1) is 9.72. The number of carbonyl (C=O) groups is 2. The van der Waals surface area contributed by atoms with Gasteiger partial charge in [0.25, 0.3) is 11.8 Å². The van der Waals surface area contributed by atoms with E-state index in [1.165, 1.54) is 6.42 Å². The highest BCUT2D eigenvalue weighted by Gasteiger charge is 2.18. The summed E-state index contributed by atoms with van der Waals surface area (Å²) in [4.78, 5) is 25.9. The van der Waals surface area contributed by atoms with Gasteiger partial charge in [-0.25, -0.2) is 0 Å². The number of rotatable bonds is 4. The summed E-state index contributed by atoms with van der Waals surface area (Å²) in [7, 11) is 0. The smallest absolute Gasteiger partial charge is 0.253 e. The molecule has 1 aromatic carbocycles. The third-order valence-electron chi connectivity index (χ3n) is 3.44. The van der Waals surface area contributed by atoms with Crippen LogP contribution in [0.15, 0.2) is 36.9 Å². The van der Waals surface area contributed by atoms with E-state index in [0.717, 1.165) is 25.9 Å². The van der Waals surface area contributed by atoms with Crippen LogP contribution in [0.3, 0.4) is 0 Å². The second-order valence-electron chi connectivity index (χ2n) is 4.93. The Morgan fingerprint density at radius 3 is 2.30 bits per heavy atom. The van der Waals surface area contributed by atoms with E-state index in [-0.39, 0.29) is 11.8 Å².